The second-order valence-electron chi connectivity index (χ2n) is 3.83. The van der Waals surface area contributed by atoms with E-state index >= 15 is 0 Å². The van der Waals surface area contributed by atoms with E-state index < -0.39 is 0 Å². The lowest BCUT2D eigenvalue weighted by molar-refractivity contribution is 0.0613. The van der Waals surface area contributed by atoms with Gasteiger partial charge in [0.1, 0.15) is 0 Å². The van der Waals surface area contributed by atoms with E-state index in [0.29, 0.717) is 0 Å². The smallest absolute Gasteiger partial charge is 0.0861 e. The van der Waals surface area contributed by atoms with E-state index in [4.69, 9.17) is 4.74 Å². The maximum absolute atomic E-state index is 5.80. The van der Waals surface area contributed by atoms with E-state index in [-0.39, 0.29) is 6.10 Å². The van der Waals surface area contributed by atoms with Crippen LogP contribution in [-0.2, 0) is 4.74 Å². The van der Waals surface area contributed by atoms with E-state index in [0.717, 1.165) is 25.9 Å². The van der Waals surface area contributed by atoms with Crippen molar-refractivity contribution in [1.82, 2.24) is 0 Å². The molecule has 1 heterocycles. The number of rotatable bonds is 1. The van der Waals surface area contributed by atoms with Crippen molar-refractivity contribution in [3.8, 4) is 0 Å². The number of benzene rings is 1. The molecule has 1 saturated heterocycles. The third kappa shape index (κ3) is 2.24. The van der Waals surface area contributed by atoms with Crippen molar-refractivity contribution in [1.29, 1.82) is 0 Å². The van der Waals surface area contributed by atoms with Gasteiger partial charge in [0.15, 0.2) is 0 Å². The van der Waals surface area contributed by atoms with Gasteiger partial charge in [-0.3, -0.25) is 0 Å². The lowest BCUT2D eigenvalue weighted by atomic mass is 10.0. The van der Waals surface area contributed by atoms with Gasteiger partial charge in [0.05, 0.1) is 6.10 Å². The lowest BCUT2D eigenvalue weighted by Crippen LogP contribution is -2.02. The van der Waals surface area contributed by atoms with E-state index in [9.17, 15) is 0 Å². The molecule has 0 amide bonds. The Hall–Kier alpha value is -1.08. The second-order valence-corrected chi connectivity index (χ2v) is 3.83. The van der Waals surface area contributed by atoms with Gasteiger partial charge in [0, 0.05) is 6.61 Å². The Morgan fingerprint density at radius 3 is 2.79 bits per heavy atom. The fraction of sp³-hybridized carbons (Fsp3) is 0.385. The molecule has 1 fully saturated rings. The molecule has 2 rings (SSSR count). The molecule has 0 bridgehead atoms. The van der Waals surface area contributed by atoms with Crippen LogP contribution in [0, 0.1) is 0 Å². The van der Waals surface area contributed by atoms with Crippen LogP contribution in [0.15, 0.2) is 42.5 Å². The summed E-state index contributed by atoms with van der Waals surface area (Å²) in [5, 5.41) is 0. The van der Waals surface area contributed by atoms with Crippen molar-refractivity contribution in [2.24, 2.45) is 0 Å². The van der Waals surface area contributed by atoms with Gasteiger partial charge in [0.2, 0.25) is 0 Å². The fourth-order valence-corrected chi connectivity index (χ4v) is 1.85. The SMILES string of the molecule is C=C1CCCOC(c2ccccc2)C1. The van der Waals surface area contributed by atoms with Crippen molar-refractivity contribution >= 4 is 0 Å². The highest BCUT2D eigenvalue weighted by Gasteiger charge is 2.15. The first-order chi connectivity index (χ1) is 6.86. The molecule has 0 radical (unpaired) electrons. The Bertz CT molecular complexity index is 302. The van der Waals surface area contributed by atoms with Crippen molar-refractivity contribution in [2.75, 3.05) is 6.61 Å². The highest BCUT2D eigenvalue weighted by atomic mass is 16.5. The zero-order valence-electron chi connectivity index (χ0n) is 8.41. The summed E-state index contributed by atoms with van der Waals surface area (Å²) in [6, 6.07) is 10.4. The molecule has 1 nitrogen and oxygen atoms in total. The first kappa shape index (κ1) is 9.47. The molecule has 1 aromatic carbocycles. The maximum Gasteiger partial charge on any atom is 0.0861 e. The molecule has 0 aromatic heterocycles. The molecule has 14 heavy (non-hydrogen) atoms. The number of hydrogen-bond acceptors (Lipinski definition) is 1. The van der Waals surface area contributed by atoms with Gasteiger partial charge in [-0.05, 0) is 24.8 Å². The van der Waals surface area contributed by atoms with E-state index in [2.05, 4.69) is 30.8 Å². The topological polar surface area (TPSA) is 9.23 Å². The van der Waals surface area contributed by atoms with Crippen LogP contribution in [0.4, 0.5) is 0 Å². The second kappa shape index (κ2) is 4.43. The van der Waals surface area contributed by atoms with Gasteiger partial charge >= 0.3 is 0 Å². The third-order valence-corrected chi connectivity index (χ3v) is 2.64. The quantitative estimate of drug-likeness (QED) is 0.613. The molecule has 1 unspecified atom stereocenters. The molecular weight excluding hydrogens is 172 g/mol. The van der Waals surface area contributed by atoms with Crippen LogP contribution < -0.4 is 0 Å². The monoisotopic (exact) mass is 188 g/mol. The molecule has 1 aliphatic rings. The summed E-state index contributed by atoms with van der Waals surface area (Å²) in [6.45, 7) is 4.93. The largest absolute Gasteiger partial charge is 0.373 e. The highest BCUT2D eigenvalue weighted by molar-refractivity contribution is 5.19. The molecule has 1 aromatic rings. The Morgan fingerprint density at radius 1 is 1.21 bits per heavy atom. The van der Waals surface area contributed by atoms with Gasteiger partial charge in [-0.15, -0.1) is 0 Å². The van der Waals surface area contributed by atoms with Gasteiger partial charge in [-0.1, -0.05) is 42.5 Å². The first-order valence-corrected chi connectivity index (χ1v) is 5.19. The predicted molar refractivity (Wildman–Crippen MR) is 58.1 cm³/mol. The Morgan fingerprint density at radius 2 is 2.00 bits per heavy atom. The Balaban J connectivity index is 2.13. The summed E-state index contributed by atoms with van der Waals surface area (Å²) in [7, 11) is 0. The molecule has 1 aliphatic heterocycles. The molecule has 0 spiro atoms. The van der Waals surface area contributed by atoms with Crippen molar-refractivity contribution in [3.05, 3.63) is 48.0 Å². The van der Waals surface area contributed by atoms with Crippen LogP contribution in [0.3, 0.4) is 0 Å². The summed E-state index contributed by atoms with van der Waals surface area (Å²) in [5.41, 5.74) is 2.59. The van der Waals surface area contributed by atoms with Crippen LogP contribution in [0.5, 0.6) is 0 Å². The maximum atomic E-state index is 5.80. The van der Waals surface area contributed by atoms with Crippen molar-refractivity contribution < 1.29 is 4.74 Å². The van der Waals surface area contributed by atoms with Crippen LogP contribution in [0.25, 0.3) is 0 Å². The summed E-state index contributed by atoms with van der Waals surface area (Å²) in [6.07, 6.45) is 3.43. The van der Waals surface area contributed by atoms with Crippen molar-refractivity contribution in [2.45, 2.75) is 25.4 Å². The minimum atomic E-state index is 0.228. The summed E-state index contributed by atoms with van der Waals surface area (Å²) < 4.78 is 5.80. The molecule has 74 valence electrons. The predicted octanol–water partition coefficient (Wildman–Crippen LogP) is 3.48. The van der Waals surface area contributed by atoms with Crippen LogP contribution in [0.2, 0.25) is 0 Å². The summed E-state index contributed by atoms with van der Waals surface area (Å²) in [5.74, 6) is 0. The average molecular weight is 188 g/mol. The molecule has 1 atom stereocenters. The Kier molecular flexibility index (Phi) is 3.00. The normalized spacial score (nSPS) is 23.1. The molecule has 0 aliphatic carbocycles. The van der Waals surface area contributed by atoms with Crippen LogP contribution >= 0.6 is 0 Å². The molecule has 0 saturated carbocycles. The first-order valence-electron chi connectivity index (χ1n) is 5.19. The minimum absolute atomic E-state index is 0.228. The van der Waals surface area contributed by atoms with E-state index in [1.807, 2.05) is 6.07 Å². The minimum Gasteiger partial charge on any atom is -0.373 e. The molecule has 1 heteroatoms. The summed E-state index contributed by atoms with van der Waals surface area (Å²) in [4.78, 5) is 0. The molecular formula is C13H16O. The number of hydrogen-bond donors (Lipinski definition) is 0. The van der Waals surface area contributed by atoms with Crippen LogP contribution in [0.1, 0.15) is 30.9 Å². The lowest BCUT2D eigenvalue weighted by Gasteiger charge is -2.15. The van der Waals surface area contributed by atoms with Crippen molar-refractivity contribution in [3.63, 3.8) is 0 Å². The van der Waals surface area contributed by atoms with Gasteiger partial charge in [-0.2, -0.15) is 0 Å². The average Bonchev–Trinajstić information content (AvgIpc) is 2.44. The zero-order chi connectivity index (χ0) is 9.80. The van der Waals surface area contributed by atoms with E-state index in [1.165, 1.54) is 11.1 Å². The third-order valence-electron chi connectivity index (χ3n) is 2.64. The zero-order valence-corrected chi connectivity index (χ0v) is 8.41. The molecule has 0 N–H and O–H groups in total. The Labute approximate surface area is 85.4 Å². The van der Waals surface area contributed by atoms with Gasteiger partial charge in [0.25, 0.3) is 0 Å². The highest BCUT2D eigenvalue weighted by Crippen LogP contribution is 2.29. The number of ether oxygens (including phenoxy) is 1. The van der Waals surface area contributed by atoms with Crippen LogP contribution in [-0.4, -0.2) is 6.61 Å². The standard InChI is InChI=1S/C13H16O/c1-11-6-5-9-14-13(10-11)12-7-3-2-4-8-12/h2-4,7-8,13H,1,5-6,9-10H2. The fourth-order valence-electron chi connectivity index (χ4n) is 1.85. The summed E-state index contributed by atoms with van der Waals surface area (Å²) >= 11 is 0. The van der Waals surface area contributed by atoms with Gasteiger partial charge < -0.3 is 4.74 Å². The van der Waals surface area contributed by atoms with Gasteiger partial charge in [-0.25, -0.2) is 0 Å². The van der Waals surface area contributed by atoms with E-state index in [1.54, 1.807) is 0 Å².